The van der Waals surface area contributed by atoms with Crippen molar-refractivity contribution in [3.05, 3.63) is 23.8 Å². The molecule has 22 heavy (non-hydrogen) atoms. The van der Waals surface area contributed by atoms with Crippen LogP contribution in [0.4, 0.5) is 0 Å². The molecule has 1 aromatic rings. The molecule has 0 bridgehead atoms. The van der Waals surface area contributed by atoms with Gasteiger partial charge < -0.3 is 14.8 Å². The second-order valence-corrected chi connectivity index (χ2v) is 6.14. The molecule has 0 heterocycles. The largest absolute Gasteiger partial charge is 0.493 e. The van der Waals surface area contributed by atoms with Crippen LogP contribution in [-0.2, 0) is 11.2 Å². The summed E-state index contributed by atoms with van der Waals surface area (Å²) >= 11 is 0. The molecular formula is C18H27NO3. The summed E-state index contributed by atoms with van der Waals surface area (Å²) in [5.74, 6) is 1.53. The third-order valence-electron chi connectivity index (χ3n) is 4.39. The monoisotopic (exact) mass is 305 g/mol. The Morgan fingerprint density at radius 3 is 2.50 bits per heavy atom. The van der Waals surface area contributed by atoms with Gasteiger partial charge in [-0.25, -0.2) is 0 Å². The number of carbonyl (C=O) groups excluding carboxylic acids is 1. The lowest BCUT2D eigenvalue weighted by atomic mass is 9.94. The van der Waals surface area contributed by atoms with Crippen LogP contribution in [0.5, 0.6) is 11.5 Å². The van der Waals surface area contributed by atoms with Gasteiger partial charge in [-0.05, 0) is 37.0 Å². The Kier molecular flexibility index (Phi) is 6.10. The molecule has 1 aliphatic rings. The molecule has 0 radical (unpaired) electrons. The fourth-order valence-electron chi connectivity index (χ4n) is 3.04. The summed E-state index contributed by atoms with van der Waals surface area (Å²) in [5.41, 5.74) is 1.09. The lowest BCUT2D eigenvalue weighted by Crippen LogP contribution is -2.39. The van der Waals surface area contributed by atoms with Crippen molar-refractivity contribution in [3.8, 4) is 11.5 Å². The van der Waals surface area contributed by atoms with Gasteiger partial charge in [0.15, 0.2) is 11.5 Å². The molecule has 1 atom stereocenters. The maximum absolute atomic E-state index is 12.3. The van der Waals surface area contributed by atoms with Gasteiger partial charge in [0.05, 0.1) is 14.2 Å². The Bertz CT molecular complexity index is 495. The van der Waals surface area contributed by atoms with Crippen molar-refractivity contribution in [2.75, 3.05) is 14.2 Å². The zero-order valence-corrected chi connectivity index (χ0v) is 13.9. The fraction of sp³-hybridized carbons (Fsp3) is 0.611. The van der Waals surface area contributed by atoms with Crippen molar-refractivity contribution in [2.45, 2.75) is 51.5 Å². The Labute approximate surface area is 133 Å². The Balaban J connectivity index is 1.92. The third kappa shape index (κ3) is 4.39. The van der Waals surface area contributed by atoms with E-state index in [0.29, 0.717) is 24.0 Å². The van der Waals surface area contributed by atoms with E-state index in [1.807, 2.05) is 25.1 Å². The highest BCUT2D eigenvalue weighted by atomic mass is 16.5. The van der Waals surface area contributed by atoms with E-state index in [9.17, 15) is 4.79 Å². The lowest BCUT2D eigenvalue weighted by Gasteiger charge is -2.24. The molecule has 1 unspecified atom stereocenters. The van der Waals surface area contributed by atoms with Crippen LogP contribution in [0.1, 0.15) is 44.6 Å². The fourth-order valence-corrected chi connectivity index (χ4v) is 3.04. The molecule has 1 amide bonds. The van der Waals surface area contributed by atoms with Gasteiger partial charge in [-0.3, -0.25) is 4.79 Å². The molecule has 0 aliphatic heterocycles. The number of amides is 1. The van der Waals surface area contributed by atoms with Gasteiger partial charge in [-0.2, -0.15) is 0 Å². The van der Waals surface area contributed by atoms with Gasteiger partial charge >= 0.3 is 0 Å². The first-order valence-electron chi connectivity index (χ1n) is 8.15. The molecule has 1 aliphatic carbocycles. The number of ether oxygens (including phenoxy) is 2. The minimum Gasteiger partial charge on any atom is -0.493 e. The second-order valence-electron chi connectivity index (χ2n) is 6.14. The van der Waals surface area contributed by atoms with Gasteiger partial charge in [-0.15, -0.1) is 0 Å². The summed E-state index contributed by atoms with van der Waals surface area (Å²) < 4.78 is 10.6. The van der Waals surface area contributed by atoms with Gasteiger partial charge in [0.25, 0.3) is 0 Å². The zero-order valence-electron chi connectivity index (χ0n) is 13.9. The van der Waals surface area contributed by atoms with Crippen molar-refractivity contribution in [2.24, 2.45) is 5.92 Å². The number of benzene rings is 1. The maximum Gasteiger partial charge on any atom is 0.223 e. The predicted octanol–water partition coefficient (Wildman–Crippen LogP) is 3.33. The van der Waals surface area contributed by atoms with Gasteiger partial charge in [0.2, 0.25) is 5.91 Å². The first-order valence-corrected chi connectivity index (χ1v) is 8.15. The summed E-state index contributed by atoms with van der Waals surface area (Å²) in [6.45, 7) is 1.98. The van der Waals surface area contributed by atoms with Crippen LogP contribution in [0.2, 0.25) is 0 Å². The van der Waals surface area contributed by atoms with E-state index in [0.717, 1.165) is 18.4 Å². The SMILES string of the molecule is COc1ccc(CC(C)C(=O)NC2CCCCC2)cc1OC. The van der Waals surface area contributed by atoms with Crippen LogP contribution >= 0.6 is 0 Å². The molecule has 0 spiro atoms. The molecule has 0 saturated heterocycles. The average Bonchev–Trinajstić information content (AvgIpc) is 2.55. The highest BCUT2D eigenvalue weighted by Crippen LogP contribution is 2.28. The van der Waals surface area contributed by atoms with Crippen LogP contribution in [0, 0.1) is 5.92 Å². The number of nitrogens with one attached hydrogen (secondary N) is 1. The predicted molar refractivity (Wildman–Crippen MR) is 87.4 cm³/mol. The summed E-state index contributed by atoms with van der Waals surface area (Å²) in [5, 5.41) is 3.20. The van der Waals surface area contributed by atoms with Crippen molar-refractivity contribution < 1.29 is 14.3 Å². The molecule has 1 N–H and O–H groups in total. The zero-order chi connectivity index (χ0) is 15.9. The summed E-state index contributed by atoms with van der Waals surface area (Å²) in [7, 11) is 3.25. The Hall–Kier alpha value is -1.71. The normalized spacial score (nSPS) is 16.9. The topological polar surface area (TPSA) is 47.6 Å². The van der Waals surface area contributed by atoms with Gasteiger partial charge in [0.1, 0.15) is 0 Å². The first-order chi connectivity index (χ1) is 10.6. The summed E-state index contributed by atoms with van der Waals surface area (Å²) in [6.07, 6.45) is 6.71. The number of methoxy groups -OCH3 is 2. The first kappa shape index (κ1) is 16.7. The van der Waals surface area contributed by atoms with Gasteiger partial charge in [0, 0.05) is 12.0 Å². The minimum atomic E-state index is -0.0416. The molecule has 4 nitrogen and oxygen atoms in total. The van der Waals surface area contributed by atoms with E-state index in [2.05, 4.69) is 5.32 Å². The summed E-state index contributed by atoms with van der Waals surface area (Å²) in [6, 6.07) is 6.20. The van der Waals surface area contributed by atoms with E-state index < -0.39 is 0 Å². The van der Waals surface area contributed by atoms with Crippen LogP contribution in [0.15, 0.2) is 18.2 Å². The molecule has 4 heteroatoms. The highest BCUT2D eigenvalue weighted by molar-refractivity contribution is 5.78. The number of rotatable bonds is 6. The average molecular weight is 305 g/mol. The van der Waals surface area contributed by atoms with Gasteiger partial charge in [-0.1, -0.05) is 32.3 Å². The van der Waals surface area contributed by atoms with Crippen LogP contribution in [0.25, 0.3) is 0 Å². The Morgan fingerprint density at radius 1 is 1.18 bits per heavy atom. The lowest BCUT2D eigenvalue weighted by molar-refractivity contribution is -0.125. The third-order valence-corrected chi connectivity index (χ3v) is 4.39. The maximum atomic E-state index is 12.3. The van der Waals surface area contributed by atoms with Crippen LogP contribution in [-0.4, -0.2) is 26.2 Å². The summed E-state index contributed by atoms with van der Waals surface area (Å²) in [4.78, 5) is 12.3. The molecule has 1 aromatic carbocycles. The van der Waals surface area contributed by atoms with Crippen LogP contribution < -0.4 is 14.8 Å². The van der Waals surface area contributed by atoms with E-state index in [-0.39, 0.29) is 11.8 Å². The standard InChI is InChI=1S/C18H27NO3/c1-13(18(20)19-15-7-5-4-6-8-15)11-14-9-10-16(21-2)17(12-14)22-3/h9-10,12-13,15H,4-8,11H2,1-3H3,(H,19,20). The minimum absolute atomic E-state index is 0.0416. The molecule has 0 aromatic heterocycles. The number of hydrogen-bond acceptors (Lipinski definition) is 3. The van der Waals surface area contributed by atoms with Crippen LogP contribution in [0.3, 0.4) is 0 Å². The molecule has 122 valence electrons. The van der Waals surface area contributed by atoms with E-state index in [1.54, 1.807) is 14.2 Å². The van der Waals surface area contributed by atoms with Crippen molar-refractivity contribution in [3.63, 3.8) is 0 Å². The molecular weight excluding hydrogens is 278 g/mol. The van der Waals surface area contributed by atoms with E-state index in [4.69, 9.17) is 9.47 Å². The van der Waals surface area contributed by atoms with Crippen molar-refractivity contribution >= 4 is 5.91 Å². The van der Waals surface area contributed by atoms with E-state index in [1.165, 1.54) is 19.3 Å². The number of carbonyl (C=O) groups is 1. The smallest absolute Gasteiger partial charge is 0.223 e. The molecule has 2 rings (SSSR count). The Morgan fingerprint density at radius 2 is 1.86 bits per heavy atom. The number of hydrogen-bond donors (Lipinski definition) is 1. The highest BCUT2D eigenvalue weighted by Gasteiger charge is 2.20. The van der Waals surface area contributed by atoms with Crippen molar-refractivity contribution in [1.82, 2.24) is 5.32 Å². The van der Waals surface area contributed by atoms with Crippen molar-refractivity contribution in [1.29, 1.82) is 0 Å². The van der Waals surface area contributed by atoms with E-state index >= 15 is 0 Å². The molecule has 1 fully saturated rings. The second kappa shape index (κ2) is 8.06. The molecule has 1 saturated carbocycles. The quantitative estimate of drug-likeness (QED) is 0.877.